The fourth-order valence-corrected chi connectivity index (χ4v) is 4.51. The second kappa shape index (κ2) is 7.83. The number of nitrogens with one attached hydrogen (secondary N) is 1. The number of amides is 1. The molecule has 1 amide bonds. The molecule has 3 aromatic rings. The maximum absolute atomic E-state index is 12.8. The van der Waals surface area contributed by atoms with Gasteiger partial charge >= 0.3 is 5.97 Å². The molecule has 0 aliphatic heterocycles. The maximum atomic E-state index is 12.8. The lowest BCUT2D eigenvalue weighted by Gasteiger charge is -2.14. The summed E-state index contributed by atoms with van der Waals surface area (Å²) in [5.74, 6) is -2.40. The van der Waals surface area contributed by atoms with Gasteiger partial charge in [-0.25, -0.2) is 17.9 Å². The molecule has 9 heteroatoms. The van der Waals surface area contributed by atoms with Crippen LogP contribution in [0.1, 0.15) is 34.3 Å². The van der Waals surface area contributed by atoms with Crippen molar-refractivity contribution in [2.45, 2.75) is 24.7 Å². The van der Waals surface area contributed by atoms with Crippen LogP contribution in [-0.2, 0) is 21.9 Å². The summed E-state index contributed by atoms with van der Waals surface area (Å²) in [7, 11) is -1.05. The molecule has 8 nitrogen and oxygen atoms in total. The van der Waals surface area contributed by atoms with Crippen LogP contribution in [0.5, 0.6) is 5.75 Å². The van der Waals surface area contributed by atoms with E-state index in [1.807, 2.05) is 0 Å². The summed E-state index contributed by atoms with van der Waals surface area (Å²) >= 11 is 0. The van der Waals surface area contributed by atoms with Gasteiger partial charge in [0.15, 0.2) is 0 Å². The lowest BCUT2D eigenvalue weighted by molar-refractivity contribution is -0.120. The number of fused-ring (bicyclic) bond motifs is 1. The van der Waals surface area contributed by atoms with Gasteiger partial charge in [-0.2, -0.15) is 0 Å². The van der Waals surface area contributed by atoms with Crippen molar-refractivity contribution >= 4 is 32.8 Å². The van der Waals surface area contributed by atoms with Crippen molar-refractivity contribution in [2.75, 3.05) is 7.11 Å². The highest BCUT2D eigenvalue weighted by molar-refractivity contribution is 7.90. The number of ether oxygens (including phenoxy) is 1. The Morgan fingerprint density at radius 3 is 2.50 bits per heavy atom. The predicted octanol–water partition coefficient (Wildman–Crippen LogP) is 2.80. The topological polar surface area (TPSA) is 115 Å². The second-order valence-electron chi connectivity index (χ2n) is 7.08. The summed E-state index contributed by atoms with van der Waals surface area (Å²) < 4.78 is 34.5. The molecule has 1 atom stereocenters. The Hall–Kier alpha value is -3.33. The van der Waals surface area contributed by atoms with Crippen LogP contribution in [0.2, 0.25) is 0 Å². The van der Waals surface area contributed by atoms with Crippen LogP contribution in [0.3, 0.4) is 0 Å². The number of hydrogen-bond acceptors (Lipinski definition) is 5. The third-order valence-corrected chi connectivity index (χ3v) is 6.36. The van der Waals surface area contributed by atoms with Crippen molar-refractivity contribution in [3.05, 3.63) is 59.3 Å². The lowest BCUT2D eigenvalue weighted by Crippen LogP contribution is -2.34. The number of carboxylic acid groups (broad SMARTS) is 1. The van der Waals surface area contributed by atoms with Gasteiger partial charge in [-0.3, -0.25) is 4.79 Å². The van der Waals surface area contributed by atoms with E-state index in [4.69, 9.17) is 4.74 Å². The minimum Gasteiger partial charge on any atom is -0.495 e. The number of aryl methyl sites for hydroxylation is 2. The average Bonchev–Trinajstić information content (AvgIpc) is 3.02. The molecule has 158 valence electrons. The minimum atomic E-state index is -4.15. The SMILES string of the molecule is COc1cc(C)ccc1S(=O)(=O)NC(=O)C(C)c1cn(C)c2cc(C(=O)O)ccc12. The Bertz CT molecular complexity index is 1260. The zero-order valence-corrected chi connectivity index (χ0v) is 17.8. The van der Waals surface area contributed by atoms with Gasteiger partial charge in [0.2, 0.25) is 5.91 Å². The predicted molar refractivity (Wildman–Crippen MR) is 111 cm³/mol. The van der Waals surface area contributed by atoms with Gasteiger partial charge in [-0.1, -0.05) is 12.1 Å². The molecule has 0 radical (unpaired) electrons. The number of benzene rings is 2. The molecule has 1 unspecified atom stereocenters. The quantitative estimate of drug-likeness (QED) is 0.621. The number of aromatic carboxylic acids is 1. The zero-order chi connectivity index (χ0) is 22.2. The van der Waals surface area contributed by atoms with Gasteiger partial charge in [-0.05, 0) is 49.2 Å². The molecular weight excluding hydrogens is 408 g/mol. The van der Waals surface area contributed by atoms with E-state index in [0.717, 1.165) is 5.56 Å². The van der Waals surface area contributed by atoms with Crippen molar-refractivity contribution in [1.82, 2.24) is 9.29 Å². The van der Waals surface area contributed by atoms with E-state index < -0.39 is 27.8 Å². The third-order valence-electron chi connectivity index (χ3n) is 4.97. The second-order valence-corrected chi connectivity index (χ2v) is 8.73. The van der Waals surface area contributed by atoms with Crippen molar-refractivity contribution in [2.24, 2.45) is 7.05 Å². The first-order valence-electron chi connectivity index (χ1n) is 9.08. The van der Waals surface area contributed by atoms with E-state index in [2.05, 4.69) is 4.72 Å². The smallest absolute Gasteiger partial charge is 0.335 e. The Kier molecular flexibility index (Phi) is 5.58. The zero-order valence-electron chi connectivity index (χ0n) is 17.0. The molecular formula is C21H22N2O6S. The number of methoxy groups -OCH3 is 1. The van der Waals surface area contributed by atoms with Crippen molar-refractivity contribution in [3.63, 3.8) is 0 Å². The first kappa shape index (κ1) is 21.4. The Balaban J connectivity index is 1.94. The van der Waals surface area contributed by atoms with Crippen molar-refractivity contribution < 1.29 is 27.9 Å². The molecule has 1 aromatic heterocycles. The van der Waals surface area contributed by atoms with Crippen LogP contribution < -0.4 is 9.46 Å². The summed E-state index contributed by atoms with van der Waals surface area (Å²) in [6.07, 6.45) is 1.69. The minimum absolute atomic E-state index is 0.125. The summed E-state index contributed by atoms with van der Waals surface area (Å²) in [5.41, 5.74) is 2.17. The molecule has 2 aromatic carbocycles. The van der Waals surface area contributed by atoms with Gasteiger partial charge in [0.05, 0.1) is 18.6 Å². The van der Waals surface area contributed by atoms with Crippen LogP contribution >= 0.6 is 0 Å². The fraction of sp³-hybridized carbons (Fsp3) is 0.238. The van der Waals surface area contributed by atoms with E-state index in [-0.39, 0.29) is 16.2 Å². The molecule has 0 aliphatic carbocycles. The normalized spacial score (nSPS) is 12.5. The standard InChI is InChI=1S/C21H22N2O6S/c1-12-5-8-19(18(9-12)29-4)30(27,28)22-20(24)13(2)16-11-23(3)17-10-14(21(25)26)6-7-15(16)17/h5-11,13H,1-4H3,(H,22,24)(H,25,26). The number of carbonyl (C=O) groups excluding carboxylic acids is 1. The number of rotatable bonds is 6. The molecule has 0 fully saturated rings. The maximum Gasteiger partial charge on any atom is 0.335 e. The number of carboxylic acids is 1. The molecule has 30 heavy (non-hydrogen) atoms. The van der Waals surface area contributed by atoms with E-state index in [0.29, 0.717) is 16.5 Å². The average molecular weight is 430 g/mol. The first-order valence-corrected chi connectivity index (χ1v) is 10.6. The molecule has 0 bridgehead atoms. The van der Waals surface area contributed by atoms with Crippen LogP contribution in [0.25, 0.3) is 10.9 Å². The molecule has 0 spiro atoms. The largest absolute Gasteiger partial charge is 0.495 e. The highest BCUT2D eigenvalue weighted by Gasteiger charge is 2.27. The molecule has 3 rings (SSSR count). The number of aromatic nitrogens is 1. The summed E-state index contributed by atoms with van der Waals surface area (Å²) in [6, 6.07) is 9.17. The highest BCUT2D eigenvalue weighted by Crippen LogP contribution is 2.30. The summed E-state index contributed by atoms with van der Waals surface area (Å²) in [5, 5.41) is 9.86. The number of sulfonamides is 1. The van der Waals surface area contributed by atoms with Crippen LogP contribution in [0.15, 0.2) is 47.5 Å². The molecule has 0 aliphatic rings. The van der Waals surface area contributed by atoms with Gasteiger partial charge < -0.3 is 14.4 Å². The van der Waals surface area contributed by atoms with E-state index in [1.54, 1.807) is 49.9 Å². The van der Waals surface area contributed by atoms with Gasteiger partial charge in [0.1, 0.15) is 10.6 Å². The monoisotopic (exact) mass is 430 g/mol. The van der Waals surface area contributed by atoms with Crippen molar-refractivity contribution in [1.29, 1.82) is 0 Å². The van der Waals surface area contributed by atoms with Gasteiger partial charge in [-0.15, -0.1) is 0 Å². The van der Waals surface area contributed by atoms with Crippen LogP contribution in [0.4, 0.5) is 0 Å². The Morgan fingerprint density at radius 1 is 1.17 bits per heavy atom. The van der Waals surface area contributed by atoms with E-state index in [9.17, 15) is 23.1 Å². The van der Waals surface area contributed by atoms with E-state index in [1.165, 1.54) is 25.3 Å². The Morgan fingerprint density at radius 2 is 1.87 bits per heavy atom. The van der Waals surface area contributed by atoms with E-state index >= 15 is 0 Å². The summed E-state index contributed by atoms with van der Waals surface area (Å²) in [6.45, 7) is 3.40. The molecule has 2 N–H and O–H groups in total. The number of hydrogen-bond donors (Lipinski definition) is 2. The molecule has 0 saturated heterocycles. The highest BCUT2D eigenvalue weighted by atomic mass is 32.2. The Labute approximate surface area is 174 Å². The first-order chi connectivity index (χ1) is 14.0. The van der Waals surface area contributed by atoms with Crippen LogP contribution in [0, 0.1) is 6.92 Å². The molecule has 1 heterocycles. The molecule has 0 saturated carbocycles. The lowest BCUT2D eigenvalue weighted by atomic mass is 9.99. The summed E-state index contributed by atoms with van der Waals surface area (Å²) in [4.78, 5) is 23.9. The van der Waals surface area contributed by atoms with Crippen LogP contribution in [-0.4, -0.2) is 37.1 Å². The van der Waals surface area contributed by atoms with Gasteiger partial charge in [0, 0.05) is 24.1 Å². The van der Waals surface area contributed by atoms with Crippen molar-refractivity contribution in [3.8, 4) is 5.75 Å². The fourth-order valence-electron chi connectivity index (χ4n) is 3.31. The number of nitrogens with zero attached hydrogens (tertiary/aromatic N) is 1. The number of carbonyl (C=O) groups is 2. The van der Waals surface area contributed by atoms with Gasteiger partial charge in [0.25, 0.3) is 10.0 Å². The third kappa shape index (κ3) is 3.88.